The second kappa shape index (κ2) is 7.99. The number of aryl methyl sites for hydroxylation is 1. The predicted molar refractivity (Wildman–Crippen MR) is 119 cm³/mol. The van der Waals surface area contributed by atoms with E-state index in [2.05, 4.69) is 122 Å². The molecule has 0 aliphatic heterocycles. The van der Waals surface area contributed by atoms with Crippen LogP contribution < -0.4 is 13.1 Å². The van der Waals surface area contributed by atoms with Crippen LogP contribution in [0, 0.1) is 6.92 Å². The predicted octanol–water partition coefficient (Wildman–Crippen LogP) is 4.25. The Morgan fingerprint density at radius 2 is 0.963 bits per heavy atom. The van der Waals surface area contributed by atoms with Gasteiger partial charge in [0, 0.05) is 0 Å². The summed E-state index contributed by atoms with van der Waals surface area (Å²) >= 11 is -2.68. The first kappa shape index (κ1) is 17.8. The van der Waals surface area contributed by atoms with Crippen LogP contribution in [-0.2, 0) is 5.21 Å². The molecule has 0 unspecified atom stereocenters. The topological polar surface area (TPSA) is 0 Å². The van der Waals surface area contributed by atoms with Gasteiger partial charge in [0.15, 0.2) is 0 Å². The molecule has 0 saturated carbocycles. The van der Waals surface area contributed by atoms with E-state index >= 15 is 0 Å². The van der Waals surface area contributed by atoms with E-state index in [4.69, 9.17) is 0 Å². The summed E-state index contributed by atoms with van der Waals surface area (Å²) < 4.78 is 4.54. The SMILES string of the molecule is Cc1ccccc1[As](Cc1ccccc1)(c1ccccc1)c1ccccc1. The van der Waals surface area contributed by atoms with Gasteiger partial charge >= 0.3 is 165 Å². The van der Waals surface area contributed by atoms with Crippen LogP contribution in [0.5, 0.6) is 0 Å². The van der Waals surface area contributed by atoms with Crippen LogP contribution in [0.15, 0.2) is 115 Å². The molecule has 4 aromatic carbocycles. The number of benzene rings is 4. The average Bonchev–Trinajstić information content (AvgIpc) is 2.75. The van der Waals surface area contributed by atoms with Crippen molar-refractivity contribution in [2.45, 2.75) is 12.1 Å². The summed E-state index contributed by atoms with van der Waals surface area (Å²) in [5, 5.41) is 1.10. The maximum atomic E-state index is 2.37. The van der Waals surface area contributed by atoms with E-state index in [1.54, 1.807) is 0 Å². The third-order valence-electron chi connectivity index (χ3n) is 5.18. The van der Waals surface area contributed by atoms with Crippen LogP contribution in [0.2, 0.25) is 0 Å². The molecule has 0 spiro atoms. The molecule has 0 amide bonds. The Balaban J connectivity index is 2.04. The minimum atomic E-state index is -2.68. The molecule has 0 bridgehead atoms. The van der Waals surface area contributed by atoms with Gasteiger partial charge in [0.25, 0.3) is 0 Å². The van der Waals surface area contributed by atoms with Crippen molar-refractivity contribution in [3.05, 3.63) is 126 Å². The first-order chi connectivity index (χ1) is 13.3. The van der Waals surface area contributed by atoms with Crippen molar-refractivity contribution in [2.24, 2.45) is 0 Å². The van der Waals surface area contributed by atoms with Gasteiger partial charge in [0.05, 0.1) is 0 Å². The van der Waals surface area contributed by atoms with Crippen molar-refractivity contribution in [3.63, 3.8) is 0 Å². The Morgan fingerprint density at radius 1 is 0.519 bits per heavy atom. The van der Waals surface area contributed by atoms with Gasteiger partial charge in [-0.2, -0.15) is 0 Å². The Labute approximate surface area is 165 Å². The van der Waals surface area contributed by atoms with Crippen molar-refractivity contribution in [1.29, 1.82) is 0 Å². The maximum absolute atomic E-state index is 2.68. The van der Waals surface area contributed by atoms with E-state index in [9.17, 15) is 0 Å². The molecule has 1 heteroatoms. The van der Waals surface area contributed by atoms with Gasteiger partial charge in [-0.25, -0.2) is 0 Å². The summed E-state index contributed by atoms with van der Waals surface area (Å²) in [5.41, 5.74) is 2.81. The van der Waals surface area contributed by atoms with Crippen LogP contribution in [0.1, 0.15) is 11.1 Å². The molecule has 1 radical (unpaired) electrons. The van der Waals surface area contributed by atoms with E-state index in [0.29, 0.717) is 0 Å². The summed E-state index contributed by atoms with van der Waals surface area (Å²) in [6, 6.07) is 42.4. The number of hydrogen-bond acceptors (Lipinski definition) is 0. The standard InChI is InChI=1S/C26H24As/c1-22-13-11-12-20-26(22)27(24-16-7-3-8-17-24,25-18-9-4-10-19-25)21-23-14-5-2-6-15-23/h2-20H,21H2,1H3. The van der Waals surface area contributed by atoms with E-state index in [1.165, 1.54) is 24.2 Å². The van der Waals surface area contributed by atoms with Gasteiger partial charge in [0.2, 0.25) is 0 Å². The van der Waals surface area contributed by atoms with Crippen LogP contribution in [0.4, 0.5) is 0 Å². The molecule has 0 nitrogen and oxygen atoms in total. The van der Waals surface area contributed by atoms with Crippen LogP contribution in [0.3, 0.4) is 0 Å². The fourth-order valence-corrected chi connectivity index (χ4v) is 13.4. The van der Waals surface area contributed by atoms with E-state index in [0.717, 1.165) is 5.21 Å². The normalized spacial score (nSPS) is 11.3. The Hall–Kier alpha value is -2.56. The third kappa shape index (κ3) is 3.51. The van der Waals surface area contributed by atoms with Gasteiger partial charge in [-0.15, -0.1) is 0 Å². The average molecular weight is 411 g/mol. The Bertz CT molecular complexity index is 952. The first-order valence-corrected chi connectivity index (χ1v) is 13.5. The third-order valence-corrected chi connectivity index (χ3v) is 14.7. The zero-order chi connectivity index (χ0) is 18.5. The number of rotatable bonds is 5. The molecule has 0 heterocycles. The molecule has 0 atom stereocenters. The van der Waals surface area contributed by atoms with E-state index in [1.807, 2.05) is 0 Å². The summed E-state index contributed by atoms with van der Waals surface area (Å²) in [6.07, 6.45) is 0. The Kier molecular flexibility index (Phi) is 5.28. The molecule has 0 saturated heterocycles. The zero-order valence-corrected chi connectivity index (χ0v) is 17.5. The van der Waals surface area contributed by atoms with Gasteiger partial charge in [0.1, 0.15) is 0 Å². The van der Waals surface area contributed by atoms with Gasteiger partial charge < -0.3 is 0 Å². The summed E-state index contributed by atoms with van der Waals surface area (Å²) in [6.45, 7) is 2.27. The molecule has 4 aromatic rings. The Morgan fingerprint density at radius 3 is 1.48 bits per heavy atom. The van der Waals surface area contributed by atoms with E-state index < -0.39 is 13.6 Å². The fourth-order valence-electron chi connectivity index (χ4n) is 3.91. The summed E-state index contributed by atoms with van der Waals surface area (Å²) in [7, 11) is 0. The molecular formula is C26H24As. The molecule has 27 heavy (non-hydrogen) atoms. The zero-order valence-electron chi connectivity index (χ0n) is 15.6. The quantitative estimate of drug-likeness (QED) is 0.431. The molecule has 4 rings (SSSR count). The van der Waals surface area contributed by atoms with Gasteiger partial charge in [-0.05, 0) is 0 Å². The molecule has 0 aliphatic rings. The summed E-state index contributed by atoms with van der Waals surface area (Å²) in [5.74, 6) is 0. The molecule has 133 valence electrons. The summed E-state index contributed by atoms with van der Waals surface area (Å²) in [4.78, 5) is 0. The molecule has 0 aromatic heterocycles. The second-order valence-corrected chi connectivity index (χ2v) is 14.2. The molecule has 0 N–H and O–H groups in total. The fraction of sp³-hybridized carbons (Fsp3) is 0.0769. The van der Waals surface area contributed by atoms with Crippen molar-refractivity contribution >= 4 is 26.6 Å². The second-order valence-electron chi connectivity index (χ2n) is 6.91. The van der Waals surface area contributed by atoms with Crippen molar-refractivity contribution in [1.82, 2.24) is 0 Å². The monoisotopic (exact) mass is 411 g/mol. The number of hydrogen-bond donors (Lipinski definition) is 0. The van der Waals surface area contributed by atoms with Gasteiger partial charge in [-0.1, -0.05) is 0 Å². The molecular weight excluding hydrogens is 387 g/mol. The van der Waals surface area contributed by atoms with Crippen LogP contribution >= 0.6 is 0 Å². The van der Waals surface area contributed by atoms with Crippen LogP contribution in [-0.4, -0.2) is 13.6 Å². The van der Waals surface area contributed by atoms with E-state index in [-0.39, 0.29) is 0 Å². The van der Waals surface area contributed by atoms with Crippen LogP contribution in [0.25, 0.3) is 0 Å². The minimum absolute atomic E-state index is 1.10. The molecule has 0 fully saturated rings. The van der Waals surface area contributed by atoms with Crippen molar-refractivity contribution < 1.29 is 0 Å². The first-order valence-electron chi connectivity index (χ1n) is 9.40. The van der Waals surface area contributed by atoms with Gasteiger partial charge in [-0.3, -0.25) is 0 Å². The van der Waals surface area contributed by atoms with Crippen molar-refractivity contribution in [2.75, 3.05) is 0 Å². The molecule has 0 aliphatic carbocycles. The van der Waals surface area contributed by atoms with Crippen molar-refractivity contribution in [3.8, 4) is 0 Å².